The Morgan fingerprint density at radius 2 is 1.92 bits per heavy atom. The van der Waals surface area contributed by atoms with Crippen molar-refractivity contribution in [1.82, 2.24) is 4.98 Å². The van der Waals surface area contributed by atoms with E-state index in [1.54, 1.807) is 12.1 Å². The summed E-state index contributed by atoms with van der Waals surface area (Å²) < 4.78 is 29.5. The molecule has 0 spiro atoms. The van der Waals surface area contributed by atoms with E-state index in [0.717, 1.165) is 4.31 Å². The van der Waals surface area contributed by atoms with Gasteiger partial charge < -0.3 is 10.1 Å². The molecule has 1 aliphatic rings. The molecule has 2 heterocycles. The van der Waals surface area contributed by atoms with Crippen LogP contribution < -0.4 is 14.4 Å². The highest BCUT2D eigenvalue weighted by Crippen LogP contribution is 2.25. The Bertz CT molecular complexity index is 908. The van der Waals surface area contributed by atoms with Gasteiger partial charge in [0.15, 0.2) is 0 Å². The van der Waals surface area contributed by atoms with Gasteiger partial charge >= 0.3 is 0 Å². The number of rotatable bonds is 4. The van der Waals surface area contributed by atoms with Gasteiger partial charge in [-0.05, 0) is 30.3 Å². The zero-order valence-electron chi connectivity index (χ0n) is 13.3. The molecule has 0 unspecified atom stereocenters. The van der Waals surface area contributed by atoms with Crippen LogP contribution in [-0.2, 0) is 14.8 Å². The third-order valence-corrected chi connectivity index (χ3v) is 5.34. The molecule has 9 heteroatoms. The molecule has 1 N–H and O–H groups in total. The SMILES string of the molecule is COc1ccc(NC(=O)c2ccc(N3C(=O)CCS3(=O)=O)cc2)cn1. The van der Waals surface area contributed by atoms with Crippen molar-refractivity contribution in [2.45, 2.75) is 6.42 Å². The van der Waals surface area contributed by atoms with Crippen molar-refractivity contribution >= 4 is 33.2 Å². The topological polar surface area (TPSA) is 106 Å². The molecule has 1 aliphatic heterocycles. The summed E-state index contributed by atoms with van der Waals surface area (Å²) in [6.45, 7) is 0. The number of anilines is 2. The first-order valence-corrected chi connectivity index (χ1v) is 8.99. The normalized spacial score (nSPS) is 15.9. The summed E-state index contributed by atoms with van der Waals surface area (Å²) in [4.78, 5) is 28.0. The molecule has 1 aromatic carbocycles. The highest BCUT2D eigenvalue weighted by molar-refractivity contribution is 7.94. The van der Waals surface area contributed by atoms with Crippen LogP contribution in [0.2, 0.25) is 0 Å². The van der Waals surface area contributed by atoms with Crippen molar-refractivity contribution in [1.29, 1.82) is 0 Å². The van der Waals surface area contributed by atoms with E-state index in [9.17, 15) is 18.0 Å². The Morgan fingerprint density at radius 1 is 1.20 bits per heavy atom. The molecular formula is C16H15N3O5S. The van der Waals surface area contributed by atoms with Crippen LogP contribution >= 0.6 is 0 Å². The number of pyridine rings is 1. The number of nitrogens with zero attached hydrogens (tertiary/aromatic N) is 2. The van der Waals surface area contributed by atoms with Gasteiger partial charge in [0.05, 0.1) is 30.4 Å². The van der Waals surface area contributed by atoms with Crippen LogP contribution in [0.1, 0.15) is 16.8 Å². The fourth-order valence-corrected chi connectivity index (χ4v) is 3.85. The molecule has 1 fully saturated rings. The number of methoxy groups -OCH3 is 1. The number of ether oxygens (including phenoxy) is 1. The van der Waals surface area contributed by atoms with Crippen LogP contribution in [0.15, 0.2) is 42.6 Å². The average Bonchev–Trinajstić information content (AvgIpc) is 2.88. The molecule has 25 heavy (non-hydrogen) atoms. The van der Waals surface area contributed by atoms with Gasteiger partial charge in [0.2, 0.25) is 21.8 Å². The van der Waals surface area contributed by atoms with Gasteiger partial charge in [-0.25, -0.2) is 17.7 Å². The molecule has 0 atom stereocenters. The monoisotopic (exact) mass is 361 g/mol. The predicted molar refractivity (Wildman–Crippen MR) is 91.1 cm³/mol. The van der Waals surface area contributed by atoms with E-state index >= 15 is 0 Å². The van der Waals surface area contributed by atoms with Gasteiger partial charge in [0, 0.05) is 18.1 Å². The summed E-state index contributed by atoms with van der Waals surface area (Å²) in [7, 11) is -2.12. The molecule has 3 rings (SSSR count). The van der Waals surface area contributed by atoms with E-state index in [2.05, 4.69) is 10.3 Å². The lowest BCUT2D eigenvalue weighted by Gasteiger charge is -2.15. The Morgan fingerprint density at radius 3 is 2.44 bits per heavy atom. The lowest BCUT2D eigenvalue weighted by Crippen LogP contribution is -2.29. The molecule has 1 saturated heterocycles. The number of nitrogens with one attached hydrogen (secondary N) is 1. The molecule has 0 aliphatic carbocycles. The molecule has 0 saturated carbocycles. The Labute approximate surface area is 144 Å². The van der Waals surface area contributed by atoms with E-state index in [-0.39, 0.29) is 23.8 Å². The molecule has 8 nitrogen and oxygen atoms in total. The minimum atomic E-state index is -3.61. The average molecular weight is 361 g/mol. The minimum Gasteiger partial charge on any atom is -0.481 e. The lowest BCUT2D eigenvalue weighted by atomic mass is 10.2. The quantitative estimate of drug-likeness (QED) is 0.883. The van der Waals surface area contributed by atoms with Gasteiger partial charge in [-0.15, -0.1) is 0 Å². The number of benzene rings is 1. The number of amides is 2. The van der Waals surface area contributed by atoms with Gasteiger partial charge in [-0.2, -0.15) is 0 Å². The zero-order valence-corrected chi connectivity index (χ0v) is 14.1. The van der Waals surface area contributed by atoms with Crippen molar-refractivity contribution in [3.63, 3.8) is 0 Å². The largest absolute Gasteiger partial charge is 0.481 e. The lowest BCUT2D eigenvalue weighted by molar-refractivity contribution is -0.116. The number of carbonyl (C=O) groups excluding carboxylic acids is 2. The van der Waals surface area contributed by atoms with Gasteiger partial charge in [-0.3, -0.25) is 9.59 Å². The smallest absolute Gasteiger partial charge is 0.255 e. The summed E-state index contributed by atoms with van der Waals surface area (Å²) >= 11 is 0. The predicted octanol–water partition coefficient (Wildman–Crippen LogP) is 1.41. The Kier molecular flexibility index (Phi) is 4.41. The fourth-order valence-electron chi connectivity index (χ4n) is 2.40. The number of hydrogen-bond acceptors (Lipinski definition) is 6. The van der Waals surface area contributed by atoms with E-state index in [1.807, 2.05) is 0 Å². The van der Waals surface area contributed by atoms with Crippen molar-refractivity contribution < 1.29 is 22.7 Å². The van der Waals surface area contributed by atoms with E-state index in [1.165, 1.54) is 37.6 Å². The van der Waals surface area contributed by atoms with Crippen molar-refractivity contribution in [3.8, 4) is 5.88 Å². The van der Waals surface area contributed by atoms with Crippen molar-refractivity contribution in [2.75, 3.05) is 22.5 Å². The number of sulfonamides is 1. The third kappa shape index (κ3) is 3.45. The number of hydrogen-bond donors (Lipinski definition) is 1. The van der Waals surface area contributed by atoms with Crippen LogP contribution in [0, 0.1) is 0 Å². The standard InChI is InChI=1S/C16H15N3O5S/c1-24-14-7-4-12(10-17-14)18-16(21)11-2-5-13(6-3-11)19-15(20)8-9-25(19,22)23/h2-7,10H,8-9H2,1H3,(H,18,21). The van der Waals surface area contributed by atoms with E-state index in [4.69, 9.17) is 4.74 Å². The van der Waals surface area contributed by atoms with Gasteiger partial charge in [0.25, 0.3) is 5.91 Å². The zero-order chi connectivity index (χ0) is 18.0. The molecule has 2 amide bonds. The third-order valence-electron chi connectivity index (χ3n) is 3.65. The molecule has 1 aromatic heterocycles. The molecule has 130 valence electrons. The van der Waals surface area contributed by atoms with Crippen LogP contribution in [0.3, 0.4) is 0 Å². The van der Waals surface area contributed by atoms with Gasteiger partial charge in [-0.1, -0.05) is 0 Å². The van der Waals surface area contributed by atoms with Crippen molar-refractivity contribution in [2.24, 2.45) is 0 Å². The maximum Gasteiger partial charge on any atom is 0.255 e. The van der Waals surface area contributed by atoms with Crippen LogP contribution in [-0.4, -0.2) is 38.1 Å². The first-order chi connectivity index (χ1) is 11.9. The Balaban J connectivity index is 1.75. The van der Waals surface area contributed by atoms with Crippen LogP contribution in [0.4, 0.5) is 11.4 Å². The second-order valence-electron chi connectivity index (χ2n) is 5.31. The first-order valence-electron chi connectivity index (χ1n) is 7.38. The molecule has 2 aromatic rings. The molecule has 0 radical (unpaired) electrons. The Hall–Kier alpha value is -2.94. The van der Waals surface area contributed by atoms with Crippen molar-refractivity contribution in [3.05, 3.63) is 48.2 Å². The van der Waals surface area contributed by atoms with Gasteiger partial charge in [0.1, 0.15) is 0 Å². The maximum atomic E-state index is 12.2. The van der Waals surface area contributed by atoms with E-state index < -0.39 is 15.9 Å². The summed E-state index contributed by atoms with van der Waals surface area (Å²) in [5.74, 6) is -0.618. The fraction of sp³-hybridized carbons (Fsp3) is 0.188. The summed E-state index contributed by atoms with van der Waals surface area (Å²) in [6.07, 6.45) is 1.43. The minimum absolute atomic E-state index is 0.0327. The second kappa shape index (κ2) is 6.52. The maximum absolute atomic E-state index is 12.2. The summed E-state index contributed by atoms with van der Waals surface area (Å²) in [5, 5.41) is 2.67. The first kappa shape index (κ1) is 16.9. The molecule has 0 bridgehead atoms. The highest BCUT2D eigenvalue weighted by Gasteiger charge is 2.36. The second-order valence-corrected chi connectivity index (χ2v) is 7.25. The number of aromatic nitrogens is 1. The van der Waals surface area contributed by atoms with Crippen LogP contribution in [0.25, 0.3) is 0 Å². The molecular weight excluding hydrogens is 346 g/mol. The highest BCUT2D eigenvalue weighted by atomic mass is 32.2. The van der Waals surface area contributed by atoms with E-state index in [0.29, 0.717) is 17.1 Å². The summed E-state index contributed by atoms with van der Waals surface area (Å²) in [6, 6.07) is 9.05. The van der Waals surface area contributed by atoms with Crippen LogP contribution in [0.5, 0.6) is 5.88 Å². The summed E-state index contributed by atoms with van der Waals surface area (Å²) in [5.41, 5.74) is 1.04. The number of carbonyl (C=O) groups is 2.